The van der Waals surface area contributed by atoms with Gasteiger partial charge in [0.2, 0.25) is 23.6 Å². The lowest BCUT2D eigenvalue weighted by atomic mass is 9.86. The molecule has 0 aromatic carbocycles. The van der Waals surface area contributed by atoms with Gasteiger partial charge in [0.15, 0.2) is 0 Å². The summed E-state index contributed by atoms with van der Waals surface area (Å²) in [5, 5.41) is 12.4. The molecule has 0 aromatic rings. The fourth-order valence-electron chi connectivity index (χ4n) is 7.91. The van der Waals surface area contributed by atoms with Crippen molar-refractivity contribution in [1.29, 1.82) is 0 Å². The van der Waals surface area contributed by atoms with Gasteiger partial charge in [0.05, 0.1) is 5.92 Å². The molecule has 4 atom stereocenters. The normalized spacial score (nSPS) is 21.2. The molecule has 2 heterocycles. The van der Waals surface area contributed by atoms with Gasteiger partial charge >= 0.3 is 0 Å². The summed E-state index contributed by atoms with van der Waals surface area (Å²) in [4.78, 5) is 52.0. The summed E-state index contributed by atoms with van der Waals surface area (Å²) >= 11 is 0. The molecule has 4 amide bonds. The van der Waals surface area contributed by atoms with E-state index in [0.717, 1.165) is 32.1 Å². The zero-order valence-corrected chi connectivity index (χ0v) is 32.6. The van der Waals surface area contributed by atoms with Crippen LogP contribution in [0, 0.1) is 5.92 Å². The summed E-state index contributed by atoms with van der Waals surface area (Å²) in [6.07, 6.45) is 34.1. The van der Waals surface area contributed by atoms with Crippen molar-refractivity contribution in [3.63, 3.8) is 0 Å². The van der Waals surface area contributed by atoms with Crippen molar-refractivity contribution < 1.29 is 19.2 Å². The van der Waals surface area contributed by atoms with Gasteiger partial charge < -0.3 is 21.3 Å². The smallest absolute Gasteiger partial charge is 0.227 e. The van der Waals surface area contributed by atoms with E-state index < -0.39 is 5.92 Å². The van der Waals surface area contributed by atoms with Crippen molar-refractivity contribution in [3.8, 4) is 0 Å². The summed E-state index contributed by atoms with van der Waals surface area (Å²) in [5.41, 5.74) is 0. The monoisotopic (exact) mass is 703 g/mol. The van der Waals surface area contributed by atoms with Crippen molar-refractivity contribution in [2.75, 3.05) is 6.54 Å². The Kier molecular flexibility index (Phi) is 25.9. The first-order chi connectivity index (χ1) is 24.4. The van der Waals surface area contributed by atoms with Crippen molar-refractivity contribution in [2.45, 2.75) is 231 Å². The molecule has 0 saturated carbocycles. The van der Waals surface area contributed by atoms with Gasteiger partial charge in [-0.2, -0.15) is 0 Å². The minimum Gasteiger partial charge on any atom is -0.356 e. The lowest BCUT2D eigenvalue weighted by Gasteiger charge is -2.31. The van der Waals surface area contributed by atoms with E-state index in [9.17, 15) is 19.2 Å². The third kappa shape index (κ3) is 21.3. The number of amides is 4. The molecule has 0 spiro atoms. The summed E-state index contributed by atoms with van der Waals surface area (Å²) in [6.45, 7) is 5.10. The maximum atomic E-state index is 13.3. The van der Waals surface area contributed by atoms with Gasteiger partial charge in [-0.25, -0.2) is 0 Å². The summed E-state index contributed by atoms with van der Waals surface area (Å²) in [5.74, 6) is -0.726. The first-order valence-electron chi connectivity index (χ1n) is 21.6. The van der Waals surface area contributed by atoms with E-state index >= 15 is 0 Å². The molecule has 50 heavy (non-hydrogen) atoms. The van der Waals surface area contributed by atoms with Crippen LogP contribution in [-0.4, -0.2) is 48.3 Å². The van der Waals surface area contributed by atoms with Gasteiger partial charge in [0.25, 0.3) is 0 Å². The highest BCUT2D eigenvalue weighted by molar-refractivity contribution is 5.84. The van der Waals surface area contributed by atoms with E-state index in [1.165, 1.54) is 128 Å². The highest BCUT2D eigenvalue weighted by atomic mass is 16.2. The molecule has 0 aromatic heterocycles. The lowest BCUT2D eigenvalue weighted by molar-refractivity contribution is -0.128. The predicted molar refractivity (Wildman–Crippen MR) is 207 cm³/mol. The van der Waals surface area contributed by atoms with Crippen LogP contribution in [0.4, 0.5) is 0 Å². The summed E-state index contributed by atoms with van der Waals surface area (Å²) in [7, 11) is 0. The molecular formula is C42H78N4O4. The average molecular weight is 703 g/mol. The van der Waals surface area contributed by atoms with Gasteiger partial charge in [0, 0.05) is 43.9 Å². The maximum Gasteiger partial charge on any atom is 0.227 e. The Morgan fingerprint density at radius 1 is 0.580 bits per heavy atom. The molecule has 2 aliphatic heterocycles. The van der Waals surface area contributed by atoms with E-state index in [-0.39, 0.29) is 48.2 Å². The Balaban J connectivity index is 1.65. The average Bonchev–Trinajstić information content (AvgIpc) is 3.39. The first-order valence-corrected chi connectivity index (χ1v) is 21.6. The SMILES string of the molecule is CCCCCCCCCCCCCCCC(=O)NC1CC[C@@H](C2C(=O)NCCC[C@H]2NC(=O)CCCCCCCCCCCCC)NC(=O)C1. The minimum absolute atomic E-state index is 0.00359. The largest absolute Gasteiger partial charge is 0.356 e. The van der Waals surface area contributed by atoms with Crippen LogP contribution in [-0.2, 0) is 19.2 Å². The van der Waals surface area contributed by atoms with Crippen LogP contribution in [0.1, 0.15) is 213 Å². The molecule has 2 aliphatic rings. The molecule has 2 rings (SSSR count). The van der Waals surface area contributed by atoms with Crippen molar-refractivity contribution in [1.82, 2.24) is 21.3 Å². The van der Waals surface area contributed by atoms with Gasteiger partial charge in [-0.15, -0.1) is 0 Å². The Labute approximate surface area is 307 Å². The molecule has 8 heteroatoms. The van der Waals surface area contributed by atoms with E-state index in [1.54, 1.807) is 0 Å². The van der Waals surface area contributed by atoms with E-state index in [0.29, 0.717) is 38.6 Å². The molecule has 2 unspecified atom stereocenters. The molecule has 0 aliphatic carbocycles. The zero-order valence-electron chi connectivity index (χ0n) is 32.6. The van der Waals surface area contributed by atoms with E-state index in [2.05, 4.69) is 35.1 Å². The summed E-state index contributed by atoms with van der Waals surface area (Å²) in [6, 6.07) is -0.891. The Morgan fingerprint density at radius 3 is 1.50 bits per heavy atom. The Morgan fingerprint density at radius 2 is 1.02 bits per heavy atom. The minimum atomic E-state index is -0.511. The van der Waals surface area contributed by atoms with Crippen molar-refractivity contribution in [2.24, 2.45) is 5.92 Å². The third-order valence-electron chi connectivity index (χ3n) is 11.0. The molecule has 0 bridgehead atoms. The maximum absolute atomic E-state index is 13.3. The molecule has 2 saturated heterocycles. The van der Waals surface area contributed by atoms with E-state index in [1.807, 2.05) is 0 Å². The highest BCUT2D eigenvalue weighted by Gasteiger charge is 2.40. The molecule has 290 valence electrons. The second-order valence-corrected chi connectivity index (χ2v) is 15.6. The van der Waals surface area contributed by atoms with Crippen LogP contribution in [0.15, 0.2) is 0 Å². The molecule has 0 radical (unpaired) electrons. The Hall–Kier alpha value is -2.12. The number of unbranched alkanes of at least 4 members (excludes halogenated alkanes) is 22. The van der Waals surface area contributed by atoms with E-state index in [4.69, 9.17) is 0 Å². The van der Waals surface area contributed by atoms with Crippen molar-refractivity contribution >= 4 is 23.6 Å². The first kappa shape index (κ1) is 44.0. The number of carbonyl (C=O) groups excluding carboxylic acids is 4. The number of nitrogens with one attached hydrogen (secondary N) is 4. The van der Waals surface area contributed by atoms with Gasteiger partial charge in [-0.1, -0.05) is 155 Å². The van der Waals surface area contributed by atoms with Crippen LogP contribution in [0.25, 0.3) is 0 Å². The van der Waals surface area contributed by atoms with Crippen molar-refractivity contribution in [3.05, 3.63) is 0 Å². The Bertz CT molecular complexity index is 912. The number of hydrogen-bond donors (Lipinski definition) is 4. The molecular weight excluding hydrogens is 624 g/mol. The molecule has 2 fully saturated rings. The second kappa shape index (κ2) is 29.5. The zero-order chi connectivity index (χ0) is 36.1. The van der Waals surface area contributed by atoms with Gasteiger partial charge in [-0.3, -0.25) is 19.2 Å². The van der Waals surface area contributed by atoms with Gasteiger partial charge in [-0.05, 0) is 38.5 Å². The second-order valence-electron chi connectivity index (χ2n) is 15.6. The fraction of sp³-hybridized carbons (Fsp3) is 0.905. The van der Waals surface area contributed by atoms with Gasteiger partial charge in [0.1, 0.15) is 0 Å². The quantitative estimate of drug-likeness (QED) is 0.0582. The fourth-order valence-corrected chi connectivity index (χ4v) is 7.91. The van der Waals surface area contributed by atoms with Crippen LogP contribution in [0.2, 0.25) is 0 Å². The molecule has 8 nitrogen and oxygen atoms in total. The third-order valence-corrected chi connectivity index (χ3v) is 11.0. The summed E-state index contributed by atoms with van der Waals surface area (Å²) < 4.78 is 0. The highest BCUT2D eigenvalue weighted by Crippen LogP contribution is 2.25. The van der Waals surface area contributed by atoms with Crippen LogP contribution < -0.4 is 21.3 Å². The number of hydrogen-bond acceptors (Lipinski definition) is 4. The molecule has 4 N–H and O–H groups in total. The number of carbonyl (C=O) groups is 4. The topological polar surface area (TPSA) is 116 Å². The predicted octanol–water partition coefficient (Wildman–Crippen LogP) is 9.33. The van der Waals surface area contributed by atoms with Crippen LogP contribution in [0.5, 0.6) is 0 Å². The lowest BCUT2D eigenvalue weighted by Crippen LogP contribution is -2.54. The standard InChI is InChI=1S/C42H78N4O4/c1-3-5-7-9-11-13-15-16-18-20-21-23-25-29-38(47)44-35-31-32-37(46-40(49)34-35)41-36(28-27-33-43-42(41)50)45-39(48)30-26-24-22-19-17-14-12-10-8-6-4-2/h35-37,41H,3-34H2,1-2H3,(H,43,50)(H,44,47)(H,45,48)(H,46,49)/t35?,36-,37+,41?/m1/s1. The number of rotatable bonds is 29. The van der Waals surface area contributed by atoms with Crippen LogP contribution >= 0.6 is 0 Å². The van der Waals surface area contributed by atoms with Crippen LogP contribution in [0.3, 0.4) is 0 Å².